The summed E-state index contributed by atoms with van der Waals surface area (Å²) in [6, 6.07) is 12.5. The van der Waals surface area contributed by atoms with Crippen molar-refractivity contribution in [3.8, 4) is 5.75 Å². The van der Waals surface area contributed by atoms with Crippen molar-refractivity contribution in [2.45, 2.75) is 44.9 Å². The number of oxazole rings is 1. The minimum absolute atomic E-state index is 0.0589. The van der Waals surface area contributed by atoms with Gasteiger partial charge in [-0.25, -0.2) is 4.98 Å². The maximum Gasteiger partial charge on any atom is 0.251 e. The first-order chi connectivity index (χ1) is 13.7. The third-order valence-electron chi connectivity index (χ3n) is 5.55. The number of fused-ring (bicyclic) bond motifs is 1. The number of para-hydroxylation sites is 1. The Labute approximate surface area is 164 Å². The zero-order chi connectivity index (χ0) is 19.3. The minimum atomic E-state index is -0.0589. The molecule has 2 N–H and O–H groups in total. The molecule has 0 unspecified atom stereocenters. The van der Waals surface area contributed by atoms with E-state index in [2.05, 4.69) is 10.3 Å². The van der Waals surface area contributed by atoms with Crippen molar-refractivity contribution >= 4 is 17.0 Å². The lowest BCUT2D eigenvalue weighted by Crippen LogP contribution is -2.29. The molecule has 5 nitrogen and oxygen atoms in total. The number of phenols is 1. The first-order valence-electron chi connectivity index (χ1n) is 10.1. The Hall–Kier alpha value is -2.82. The molecule has 5 heteroatoms. The Kier molecular flexibility index (Phi) is 5.60. The van der Waals surface area contributed by atoms with Gasteiger partial charge in [-0.15, -0.1) is 0 Å². The molecule has 0 spiro atoms. The molecular formula is C23H26N2O3. The van der Waals surface area contributed by atoms with Crippen LogP contribution in [0.5, 0.6) is 5.75 Å². The number of aromatic nitrogens is 1. The second-order valence-corrected chi connectivity index (χ2v) is 7.66. The van der Waals surface area contributed by atoms with E-state index in [0.717, 1.165) is 12.1 Å². The van der Waals surface area contributed by atoms with E-state index in [1.165, 1.54) is 38.5 Å². The molecule has 146 valence electrons. The summed E-state index contributed by atoms with van der Waals surface area (Å²) in [4.78, 5) is 17.1. The van der Waals surface area contributed by atoms with E-state index in [1.807, 2.05) is 12.1 Å². The standard InChI is InChI=1S/C23H26N2O3/c26-20-10-6-5-9-17(20)14-22-25-19-13-18(11-12-21(19)28-22)23(27)24-15-16-7-3-1-2-4-8-16/h5-6,9-13,16,26H,1-4,7-8,14-15H2,(H,24,27). The van der Waals surface area contributed by atoms with Crippen LogP contribution in [0.15, 0.2) is 46.9 Å². The average Bonchev–Trinajstić information content (AvgIpc) is 2.92. The predicted octanol–water partition coefficient (Wildman–Crippen LogP) is 4.82. The molecule has 1 aromatic heterocycles. The summed E-state index contributed by atoms with van der Waals surface area (Å²) in [6.45, 7) is 0.744. The smallest absolute Gasteiger partial charge is 0.251 e. The maximum absolute atomic E-state index is 12.6. The molecule has 0 saturated heterocycles. The lowest BCUT2D eigenvalue weighted by molar-refractivity contribution is 0.0946. The summed E-state index contributed by atoms with van der Waals surface area (Å²) in [5.74, 6) is 1.28. The van der Waals surface area contributed by atoms with Gasteiger partial charge in [0.15, 0.2) is 11.5 Å². The highest BCUT2D eigenvalue weighted by Gasteiger charge is 2.15. The van der Waals surface area contributed by atoms with Gasteiger partial charge < -0.3 is 14.8 Å². The largest absolute Gasteiger partial charge is 0.508 e. The van der Waals surface area contributed by atoms with E-state index in [-0.39, 0.29) is 11.7 Å². The first-order valence-corrected chi connectivity index (χ1v) is 10.1. The number of phenolic OH excluding ortho intramolecular Hbond substituents is 1. The number of nitrogens with zero attached hydrogens (tertiary/aromatic N) is 1. The summed E-state index contributed by atoms with van der Waals surface area (Å²) >= 11 is 0. The van der Waals surface area contributed by atoms with Crippen LogP contribution in [0.4, 0.5) is 0 Å². The molecular weight excluding hydrogens is 352 g/mol. The van der Waals surface area contributed by atoms with Crippen LogP contribution in [0, 0.1) is 5.92 Å². The van der Waals surface area contributed by atoms with Gasteiger partial charge in [-0.05, 0) is 43.0 Å². The molecule has 1 saturated carbocycles. The SMILES string of the molecule is O=C(NCC1CCCCCC1)c1ccc2oc(Cc3ccccc3O)nc2c1. The molecule has 0 radical (unpaired) electrons. The van der Waals surface area contributed by atoms with Gasteiger partial charge in [0, 0.05) is 17.7 Å². The second kappa shape index (κ2) is 8.46. The number of nitrogens with one attached hydrogen (secondary N) is 1. The molecule has 4 rings (SSSR count). The highest BCUT2D eigenvalue weighted by molar-refractivity contribution is 5.97. The second-order valence-electron chi connectivity index (χ2n) is 7.66. The van der Waals surface area contributed by atoms with Crippen LogP contribution in [-0.2, 0) is 6.42 Å². The zero-order valence-electron chi connectivity index (χ0n) is 16.0. The number of rotatable bonds is 5. The average molecular weight is 378 g/mol. The molecule has 1 heterocycles. The molecule has 0 aliphatic heterocycles. The highest BCUT2D eigenvalue weighted by atomic mass is 16.3. The number of benzene rings is 2. The van der Waals surface area contributed by atoms with Crippen molar-refractivity contribution in [2.75, 3.05) is 6.54 Å². The quantitative estimate of drug-likeness (QED) is 0.624. The van der Waals surface area contributed by atoms with Crippen LogP contribution >= 0.6 is 0 Å². The third-order valence-corrected chi connectivity index (χ3v) is 5.55. The monoisotopic (exact) mass is 378 g/mol. The summed E-state index contributed by atoms with van der Waals surface area (Å²) in [7, 11) is 0. The van der Waals surface area contributed by atoms with Crippen LogP contribution in [-0.4, -0.2) is 22.5 Å². The number of carbonyl (C=O) groups excluding carboxylic acids is 1. The lowest BCUT2D eigenvalue weighted by atomic mass is 10.0. The van der Waals surface area contributed by atoms with Gasteiger partial charge in [-0.1, -0.05) is 43.9 Å². The molecule has 28 heavy (non-hydrogen) atoms. The van der Waals surface area contributed by atoms with Gasteiger partial charge in [-0.2, -0.15) is 0 Å². The number of hydrogen-bond acceptors (Lipinski definition) is 4. The topological polar surface area (TPSA) is 75.4 Å². The van der Waals surface area contributed by atoms with Crippen molar-refractivity contribution in [1.29, 1.82) is 0 Å². The molecule has 0 atom stereocenters. The Bertz CT molecular complexity index is 955. The predicted molar refractivity (Wildman–Crippen MR) is 108 cm³/mol. The van der Waals surface area contributed by atoms with Gasteiger partial charge in [0.25, 0.3) is 5.91 Å². The van der Waals surface area contributed by atoms with Gasteiger partial charge in [0.2, 0.25) is 0 Å². The van der Waals surface area contributed by atoms with Gasteiger partial charge in [0.1, 0.15) is 11.3 Å². The fourth-order valence-electron chi connectivity index (χ4n) is 3.92. The molecule has 1 aliphatic rings. The fourth-order valence-corrected chi connectivity index (χ4v) is 3.92. The van der Waals surface area contributed by atoms with E-state index in [1.54, 1.807) is 30.3 Å². The number of amides is 1. The molecule has 0 bridgehead atoms. The minimum Gasteiger partial charge on any atom is -0.508 e. The third kappa shape index (κ3) is 4.35. The van der Waals surface area contributed by atoms with Crippen LogP contribution in [0.3, 0.4) is 0 Å². The lowest BCUT2D eigenvalue weighted by Gasteiger charge is -2.14. The number of hydrogen-bond donors (Lipinski definition) is 2. The van der Waals surface area contributed by atoms with E-state index >= 15 is 0 Å². The molecule has 1 fully saturated rings. The summed E-state index contributed by atoms with van der Waals surface area (Å²) in [5, 5.41) is 13.0. The Morgan fingerprint density at radius 2 is 1.89 bits per heavy atom. The summed E-state index contributed by atoms with van der Waals surface area (Å²) < 4.78 is 5.78. The van der Waals surface area contributed by atoms with Crippen LogP contribution in [0.1, 0.15) is 60.3 Å². The molecule has 3 aromatic rings. The zero-order valence-corrected chi connectivity index (χ0v) is 16.0. The highest BCUT2D eigenvalue weighted by Crippen LogP contribution is 2.24. The Morgan fingerprint density at radius 3 is 2.68 bits per heavy atom. The normalized spacial score (nSPS) is 15.4. The van der Waals surface area contributed by atoms with Crippen molar-refractivity contribution in [2.24, 2.45) is 5.92 Å². The number of aromatic hydroxyl groups is 1. The Balaban J connectivity index is 1.43. The number of carbonyl (C=O) groups is 1. The van der Waals surface area contributed by atoms with Crippen molar-refractivity contribution < 1.29 is 14.3 Å². The molecule has 1 amide bonds. The first kappa shape index (κ1) is 18.5. The fraction of sp³-hybridized carbons (Fsp3) is 0.391. The van der Waals surface area contributed by atoms with Gasteiger partial charge in [-0.3, -0.25) is 4.79 Å². The van der Waals surface area contributed by atoms with Crippen LogP contribution in [0.25, 0.3) is 11.1 Å². The summed E-state index contributed by atoms with van der Waals surface area (Å²) in [6.07, 6.45) is 7.99. The van der Waals surface area contributed by atoms with E-state index in [0.29, 0.717) is 34.9 Å². The van der Waals surface area contributed by atoms with E-state index in [4.69, 9.17) is 4.42 Å². The molecule has 2 aromatic carbocycles. The maximum atomic E-state index is 12.6. The van der Waals surface area contributed by atoms with E-state index in [9.17, 15) is 9.90 Å². The molecule has 1 aliphatic carbocycles. The van der Waals surface area contributed by atoms with Crippen molar-refractivity contribution in [3.63, 3.8) is 0 Å². The van der Waals surface area contributed by atoms with Crippen LogP contribution in [0.2, 0.25) is 0 Å². The van der Waals surface area contributed by atoms with Crippen molar-refractivity contribution in [1.82, 2.24) is 10.3 Å². The van der Waals surface area contributed by atoms with Gasteiger partial charge >= 0.3 is 0 Å². The van der Waals surface area contributed by atoms with Crippen LogP contribution < -0.4 is 5.32 Å². The van der Waals surface area contributed by atoms with Crippen molar-refractivity contribution in [3.05, 3.63) is 59.5 Å². The van der Waals surface area contributed by atoms with Gasteiger partial charge in [0.05, 0.1) is 6.42 Å². The van der Waals surface area contributed by atoms with E-state index < -0.39 is 0 Å². The summed E-state index contributed by atoms with van der Waals surface area (Å²) in [5.41, 5.74) is 2.66. The Morgan fingerprint density at radius 1 is 1.11 bits per heavy atom.